The summed E-state index contributed by atoms with van der Waals surface area (Å²) < 4.78 is 94.1. The fourth-order valence-electron chi connectivity index (χ4n) is 4.79. The Bertz CT molecular complexity index is 2530. The van der Waals surface area contributed by atoms with Crippen LogP contribution in [0.4, 0.5) is 17.1 Å². The second kappa shape index (κ2) is 18.3. The topological polar surface area (TPSA) is 191 Å². The van der Waals surface area contributed by atoms with Crippen molar-refractivity contribution in [1.82, 2.24) is 0 Å². The van der Waals surface area contributed by atoms with E-state index in [0.717, 1.165) is 11.3 Å². The van der Waals surface area contributed by atoms with Crippen LogP contribution in [0.5, 0.6) is 0 Å². The Kier molecular flexibility index (Phi) is 14.4. The Labute approximate surface area is 333 Å². The lowest BCUT2D eigenvalue weighted by Crippen LogP contribution is -2.19. The number of benzene rings is 4. The molecule has 0 atom stereocenters. The molecule has 0 aliphatic carbocycles. The molecule has 0 amide bonds. The first-order chi connectivity index (χ1) is 25.9. The van der Waals surface area contributed by atoms with Gasteiger partial charge in [-0.2, -0.15) is 0 Å². The second-order valence-electron chi connectivity index (χ2n) is 11.2. The summed E-state index contributed by atoms with van der Waals surface area (Å²) in [6, 6.07) is 22.1. The summed E-state index contributed by atoms with van der Waals surface area (Å²) in [6.07, 6.45) is 0. The number of para-hydroxylation sites is 1. The van der Waals surface area contributed by atoms with Crippen molar-refractivity contribution in [2.45, 2.75) is 41.7 Å². The van der Waals surface area contributed by atoms with Gasteiger partial charge in [-0.15, -0.1) is 11.3 Å². The molecule has 0 spiro atoms. The molecule has 0 unspecified atom stereocenters. The van der Waals surface area contributed by atoms with E-state index in [1.807, 2.05) is 0 Å². The van der Waals surface area contributed by atoms with E-state index in [1.165, 1.54) is 67.6 Å². The Morgan fingerprint density at radius 1 is 0.600 bits per heavy atom. The molecular formula is C36H35Cl2N3O10S4. The van der Waals surface area contributed by atoms with E-state index in [2.05, 4.69) is 14.2 Å². The molecule has 0 saturated heterocycles. The summed E-state index contributed by atoms with van der Waals surface area (Å²) in [7, 11) is -12.1. The molecule has 4 aromatic carbocycles. The number of nitrogens with one attached hydrogen (secondary N) is 3. The number of rotatable bonds is 13. The average Bonchev–Trinajstić information content (AvgIpc) is 3.68. The highest BCUT2D eigenvalue weighted by molar-refractivity contribution is 7.94. The first-order valence-electron chi connectivity index (χ1n) is 16.1. The van der Waals surface area contributed by atoms with Gasteiger partial charge in [0, 0.05) is 10.0 Å². The van der Waals surface area contributed by atoms with Gasteiger partial charge in [0.2, 0.25) is 0 Å². The lowest BCUT2D eigenvalue weighted by atomic mass is 10.2. The molecule has 1 aromatic heterocycles. The quantitative estimate of drug-likeness (QED) is 0.0975. The molecule has 3 N–H and O–H groups in total. The number of halogens is 2. The van der Waals surface area contributed by atoms with E-state index < -0.39 is 42.0 Å². The molecule has 0 aliphatic rings. The van der Waals surface area contributed by atoms with Crippen molar-refractivity contribution >= 4 is 93.6 Å². The molecular weight excluding hydrogens is 834 g/mol. The third-order valence-corrected chi connectivity index (χ3v) is 14.1. The van der Waals surface area contributed by atoms with Gasteiger partial charge in [-0.25, -0.2) is 34.8 Å². The van der Waals surface area contributed by atoms with Crippen LogP contribution >= 0.6 is 34.5 Å². The second-order valence-corrected chi connectivity index (χ2v) is 18.2. The zero-order chi connectivity index (χ0) is 40.6. The Hall–Kier alpha value is -4.65. The van der Waals surface area contributed by atoms with Crippen molar-refractivity contribution in [3.63, 3.8) is 0 Å². The van der Waals surface area contributed by atoms with Crippen LogP contribution in [-0.4, -0.2) is 50.4 Å². The minimum absolute atomic E-state index is 0.0225. The minimum Gasteiger partial charge on any atom is -0.462 e. The highest BCUT2D eigenvalue weighted by Crippen LogP contribution is 2.32. The molecule has 0 saturated carbocycles. The van der Waals surface area contributed by atoms with Crippen molar-refractivity contribution in [3.05, 3.63) is 129 Å². The maximum atomic E-state index is 13.2. The third kappa shape index (κ3) is 10.8. The first kappa shape index (κ1) is 43.1. The average molecular weight is 869 g/mol. The van der Waals surface area contributed by atoms with Gasteiger partial charge in [-0.05, 0) is 105 Å². The van der Waals surface area contributed by atoms with E-state index in [1.54, 1.807) is 56.5 Å². The molecule has 0 radical (unpaired) electrons. The zero-order valence-corrected chi connectivity index (χ0v) is 34.4. The molecule has 55 heavy (non-hydrogen) atoms. The highest BCUT2D eigenvalue weighted by Gasteiger charge is 2.25. The minimum atomic E-state index is -4.22. The SMILES string of the molecule is CCOC(=O)c1ccc(NS(=O)(=O)c2cccc(Cl)c2C)c(NS(=O)(=O)c2cccc(Cl)c2C)c1.CCOC(=O)c1ccccc1NS(=O)(=O)c1cccs1. The monoisotopic (exact) mass is 867 g/mol. The Balaban J connectivity index is 0.000000284. The normalized spacial score (nSPS) is 11.5. The molecule has 0 bridgehead atoms. The summed E-state index contributed by atoms with van der Waals surface area (Å²) in [5.74, 6) is -1.26. The predicted octanol–water partition coefficient (Wildman–Crippen LogP) is 8.11. The lowest BCUT2D eigenvalue weighted by molar-refractivity contribution is 0.0517. The number of anilines is 3. The molecule has 19 heteroatoms. The Morgan fingerprint density at radius 3 is 1.67 bits per heavy atom. The molecule has 0 aliphatic heterocycles. The van der Waals surface area contributed by atoms with Gasteiger partial charge < -0.3 is 9.47 Å². The summed E-state index contributed by atoms with van der Waals surface area (Å²) in [4.78, 5) is 23.9. The van der Waals surface area contributed by atoms with Crippen molar-refractivity contribution in [1.29, 1.82) is 0 Å². The maximum Gasteiger partial charge on any atom is 0.340 e. The van der Waals surface area contributed by atoms with E-state index in [0.29, 0.717) is 11.1 Å². The summed E-state index contributed by atoms with van der Waals surface area (Å²) in [5, 5.41) is 2.17. The van der Waals surface area contributed by atoms with Gasteiger partial charge in [0.25, 0.3) is 30.1 Å². The number of thiophene rings is 1. The summed E-state index contributed by atoms with van der Waals surface area (Å²) in [6.45, 7) is 6.73. The molecule has 13 nitrogen and oxygen atoms in total. The van der Waals surface area contributed by atoms with Gasteiger partial charge >= 0.3 is 11.9 Å². The van der Waals surface area contributed by atoms with Crippen molar-refractivity contribution in [2.75, 3.05) is 27.4 Å². The summed E-state index contributed by atoms with van der Waals surface area (Å²) >= 11 is 13.3. The van der Waals surface area contributed by atoms with Crippen molar-refractivity contribution in [3.8, 4) is 0 Å². The first-order valence-corrected chi connectivity index (χ1v) is 22.2. The molecule has 292 valence electrons. The maximum absolute atomic E-state index is 13.2. The van der Waals surface area contributed by atoms with Crippen LogP contribution in [0.3, 0.4) is 0 Å². The number of hydrogen-bond acceptors (Lipinski definition) is 11. The largest absolute Gasteiger partial charge is 0.462 e. The molecule has 0 fully saturated rings. The van der Waals surface area contributed by atoms with Crippen molar-refractivity contribution < 1.29 is 44.3 Å². The van der Waals surface area contributed by atoms with Gasteiger partial charge in [0.05, 0.1) is 51.2 Å². The van der Waals surface area contributed by atoms with Gasteiger partial charge in [-0.1, -0.05) is 53.5 Å². The van der Waals surface area contributed by atoms with Gasteiger partial charge in [-0.3, -0.25) is 14.2 Å². The van der Waals surface area contributed by atoms with Gasteiger partial charge in [0.15, 0.2) is 0 Å². The van der Waals surface area contributed by atoms with Crippen LogP contribution in [0.2, 0.25) is 10.0 Å². The number of hydrogen-bond donors (Lipinski definition) is 3. The molecule has 1 heterocycles. The fourth-order valence-corrected chi connectivity index (χ4v) is 10.0. The van der Waals surface area contributed by atoms with Crippen LogP contribution in [0.15, 0.2) is 110 Å². The Morgan fingerprint density at radius 2 is 1.13 bits per heavy atom. The number of esters is 2. The molecule has 5 rings (SSSR count). The van der Waals surface area contributed by atoms with Crippen LogP contribution in [0.1, 0.15) is 45.7 Å². The standard InChI is InChI=1S/C23H22Cl2N2O6S2.C13H13NO4S2/c1-4-33-23(28)16-11-12-19(26-34(29,30)21-9-5-7-17(24)14(21)2)20(13-16)27-35(31,32)22-10-6-8-18(25)15(22)3;1-2-18-13(15)10-6-3-4-7-11(10)14-20(16,17)12-8-5-9-19-12/h5-13,26-27H,4H2,1-3H3;3-9,14H,2H2,1H3. The van der Waals surface area contributed by atoms with E-state index in [-0.39, 0.29) is 65.4 Å². The third-order valence-electron chi connectivity index (χ3n) is 7.46. The van der Waals surface area contributed by atoms with Gasteiger partial charge in [0.1, 0.15) is 4.21 Å². The van der Waals surface area contributed by atoms with Crippen LogP contribution in [0.25, 0.3) is 0 Å². The number of ether oxygens (including phenoxy) is 2. The van der Waals surface area contributed by atoms with E-state index >= 15 is 0 Å². The number of carbonyl (C=O) groups is 2. The lowest BCUT2D eigenvalue weighted by Gasteiger charge is -2.17. The predicted molar refractivity (Wildman–Crippen MR) is 214 cm³/mol. The highest BCUT2D eigenvalue weighted by atomic mass is 35.5. The fraction of sp³-hybridized carbons (Fsp3) is 0.167. The smallest absolute Gasteiger partial charge is 0.340 e. The molecule has 5 aromatic rings. The van der Waals surface area contributed by atoms with Crippen LogP contribution in [-0.2, 0) is 39.5 Å². The number of sulfonamides is 3. The van der Waals surface area contributed by atoms with Crippen LogP contribution in [0, 0.1) is 13.8 Å². The number of carbonyl (C=O) groups excluding carboxylic acids is 2. The van der Waals surface area contributed by atoms with Crippen molar-refractivity contribution in [2.24, 2.45) is 0 Å². The van der Waals surface area contributed by atoms with E-state index in [9.17, 15) is 34.8 Å². The zero-order valence-electron chi connectivity index (χ0n) is 29.6. The van der Waals surface area contributed by atoms with Crippen LogP contribution < -0.4 is 14.2 Å². The summed E-state index contributed by atoms with van der Waals surface area (Å²) in [5.41, 5.74) is 0.753. The van der Waals surface area contributed by atoms with E-state index in [4.69, 9.17) is 32.7 Å².